The number of hydrogen-bond acceptors (Lipinski definition) is 3. The fourth-order valence-corrected chi connectivity index (χ4v) is 3.79. The molecule has 0 amide bonds. The zero-order chi connectivity index (χ0) is 15.9. The number of fused-ring (bicyclic) bond motifs is 1. The van der Waals surface area contributed by atoms with E-state index in [9.17, 15) is 8.42 Å². The van der Waals surface area contributed by atoms with Crippen LogP contribution >= 0.6 is 0 Å². The Morgan fingerprint density at radius 3 is 2.64 bits per heavy atom. The van der Waals surface area contributed by atoms with E-state index in [2.05, 4.69) is 9.71 Å². The van der Waals surface area contributed by atoms with E-state index in [0.717, 1.165) is 22.2 Å². The summed E-state index contributed by atoms with van der Waals surface area (Å²) >= 11 is 0. The van der Waals surface area contributed by atoms with Gasteiger partial charge in [0, 0.05) is 7.05 Å². The summed E-state index contributed by atoms with van der Waals surface area (Å²) in [6, 6.07) is 10.7. The maximum Gasteiger partial charge on any atom is 0.262 e. The van der Waals surface area contributed by atoms with E-state index in [0.29, 0.717) is 10.6 Å². The molecule has 3 rings (SSSR count). The minimum Gasteiger partial charge on any atom is -0.334 e. The molecule has 0 saturated heterocycles. The summed E-state index contributed by atoms with van der Waals surface area (Å²) in [4.78, 5) is 4.54. The molecule has 0 spiro atoms. The van der Waals surface area contributed by atoms with E-state index in [-0.39, 0.29) is 0 Å². The van der Waals surface area contributed by atoms with Gasteiger partial charge in [0.05, 0.1) is 27.9 Å². The molecule has 0 aliphatic heterocycles. The maximum atomic E-state index is 12.6. The van der Waals surface area contributed by atoms with Gasteiger partial charge in [-0.25, -0.2) is 13.4 Å². The molecule has 2 aromatic carbocycles. The third kappa shape index (κ3) is 2.57. The van der Waals surface area contributed by atoms with Gasteiger partial charge in [0.1, 0.15) is 0 Å². The molecule has 0 bridgehead atoms. The smallest absolute Gasteiger partial charge is 0.262 e. The molecule has 0 aliphatic rings. The summed E-state index contributed by atoms with van der Waals surface area (Å²) < 4.78 is 29.7. The van der Waals surface area contributed by atoms with Crippen molar-refractivity contribution in [2.45, 2.75) is 18.7 Å². The lowest BCUT2D eigenvalue weighted by Gasteiger charge is -2.11. The topological polar surface area (TPSA) is 64.0 Å². The third-order valence-corrected chi connectivity index (χ3v) is 5.13. The van der Waals surface area contributed by atoms with E-state index in [1.807, 2.05) is 36.7 Å². The van der Waals surface area contributed by atoms with Crippen molar-refractivity contribution in [2.75, 3.05) is 4.72 Å². The number of rotatable bonds is 3. The minimum atomic E-state index is -3.61. The summed E-state index contributed by atoms with van der Waals surface area (Å²) in [7, 11) is -1.71. The first-order valence-electron chi connectivity index (χ1n) is 6.88. The fourth-order valence-electron chi connectivity index (χ4n) is 2.41. The Labute approximate surface area is 129 Å². The molecule has 1 heterocycles. The molecule has 0 atom stereocenters. The maximum absolute atomic E-state index is 12.6. The van der Waals surface area contributed by atoms with Crippen LogP contribution in [0.25, 0.3) is 11.0 Å². The van der Waals surface area contributed by atoms with Crippen molar-refractivity contribution >= 4 is 26.7 Å². The number of hydrogen-bond donors (Lipinski definition) is 1. The van der Waals surface area contributed by atoms with Gasteiger partial charge >= 0.3 is 0 Å². The molecule has 22 heavy (non-hydrogen) atoms. The molecule has 1 N–H and O–H groups in total. The highest BCUT2D eigenvalue weighted by Crippen LogP contribution is 2.23. The molecule has 114 valence electrons. The zero-order valence-corrected chi connectivity index (χ0v) is 13.5. The van der Waals surface area contributed by atoms with Gasteiger partial charge in [-0.15, -0.1) is 0 Å². The van der Waals surface area contributed by atoms with Crippen molar-refractivity contribution in [3.05, 3.63) is 53.9 Å². The molecule has 6 heteroatoms. The third-order valence-electron chi connectivity index (χ3n) is 3.61. The highest BCUT2D eigenvalue weighted by atomic mass is 32.2. The fraction of sp³-hybridized carbons (Fsp3) is 0.188. The Balaban J connectivity index is 2.00. The lowest BCUT2D eigenvalue weighted by Crippen LogP contribution is -2.14. The Morgan fingerprint density at radius 1 is 1.09 bits per heavy atom. The lowest BCUT2D eigenvalue weighted by molar-refractivity contribution is 0.600. The number of sulfonamides is 1. The van der Waals surface area contributed by atoms with Crippen molar-refractivity contribution in [1.29, 1.82) is 0 Å². The second-order valence-corrected chi connectivity index (χ2v) is 7.08. The van der Waals surface area contributed by atoms with Gasteiger partial charge in [-0.1, -0.05) is 12.1 Å². The van der Waals surface area contributed by atoms with E-state index in [4.69, 9.17) is 0 Å². The van der Waals surface area contributed by atoms with E-state index >= 15 is 0 Å². The zero-order valence-electron chi connectivity index (χ0n) is 12.7. The van der Waals surface area contributed by atoms with Gasteiger partial charge in [0.15, 0.2) is 0 Å². The highest BCUT2D eigenvalue weighted by molar-refractivity contribution is 7.92. The highest BCUT2D eigenvalue weighted by Gasteiger charge is 2.17. The quantitative estimate of drug-likeness (QED) is 0.808. The summed E-state index contributed by atoms with van der Waals surface area (Å²) in [5.41, 5.74) is 3.84. The lowest BCUT2D eigenvalue weighted by atomic mass is 10.2. The van der Waals surface area contributed by atoms with Crippen LogP contribution in [0.5, 0.6) is 0 Å². The normalized spacial score (nSPS) is 11.8. The van der Waals surface area contributed by atoms with Crippen LogP contribution in [0.1, 0.15) is 11.1 Å². The van der Waals surface area contributed by atoms with Crippen LogP contribution in [-0.4, -0.2) is 18.0 Å². The van der Waals surface area contributed by atoms with Crippen molar-refractivity contribution in [3.8, 4) is 0 Å². The predicted molar refractivity (Wildman–Crippen MR) is 87.4 cm³/mol. The molecule has 1 aromatic heterocycles. The Hall–Kier alpha value is -2.34. The summed E-state index contributed by atoms with van der Waals surface area (Å²) in [5, 5.41) is 0. The molecule has 0 fully saturated rings. The van der Waals surface area contributed by atoms with Crippen LogP contribution in [0.2, 0.25) is 0 Å². The number of aromatic nitrogens is 2. The molecule has 0 radical (unpaired) electrons. The van der Waals surface area contributed by atoms with Crippen LogP contribution < -0.4 is 4.72 Å². The molecular formula is C16H17N3O2S. The van der Waals surface area contributed by atoms with Crippen LogP contribution in [0, 0.1) is 13.8 Å². The number of imidazole rings is 1. The number of benzene rings is 2. The van der Waals surface area contributed by atoms with Crippen molar-refractivity contribution < 1.29 is 8.42 Å². The van der Waals surface area contributed by atoms with E-state index in [1.54, 1.807) is 31.5 Å². The first-order chi connectivity index (χ1) is 10.4. The van der Waals surface area contributed by atoms with Crippen molar-refractivity contribution in [1.82, 2.24) is 9.55 Å². The molecule has 0 aliphatic carbocycles. The summed E-state index contributed by atoms with van der Waals surface area (Å²) in [6.07, 6.45) is 1.70. The van der Waals surface area contributed by atoms with Gasteiger partial charge in [-0.05, 0) is 49.2 Å². The van der Waals surface area contributed by atoms with E-state index < -0.39 is 10.0 Å². The molecule has 3 aromatic rings. The average Bonchev–Trinajstić information content (AvgIpc) is 2.82. The predicted octanol–water partition coefficient (Wildman–Crippen LogP) is 2.99. The largest absolute Gasteiger partial charge is 0.334 e. The monoisotopic (exact) mass is 315 g/mol. The number of nitrogens with one attached hydrogen (secondary N) is 1. The molecule has 0 unspecified atom stereocenters. The second-order valence-electron chi connectivity index (χ2n) is 5.43. The van der Waals surface area contributed by atoms with Crippen molar-refractivity contribution in [2.24, 2.45) is 7.05 Å². The van der Waals surface area contributed by atoms with E-state index in [1.165, 1.54) is 0 Å². The average molecular weight is 315 g/mol. The van der Waals surface area contributed by atoms with Crippen LogP contribution in [0.3, 0.4) is 0 Å². The summed E-state index contributed by atoms with van der Waals surface area (Å²) in [6.45, 7) is 3.66. The second kappa shape index (κ2) is 5.14. The van der Waals surface area contributed by atoms with Gasteiger partial charge in [-0.2, -0.15) is 0 Å². The van der Waals surface area contributed by atoms with Crippen LogP contribution in [0.4, 0.5) is 5.69 Å². The Bertz CT molecular complexity index is 959. The van der Waals surface area contributed by atoms with Crippen LogP contribution in [-0.2, 0) is 17.1 Å². The van der Waals surface area contributed by atoms with Gasteiger partial charge < -0.3 is 4.57 Å². The van der Waals surface area contributed by atoms with Gasteiger partial charge in [0.25, 0.3) is 10.0 Å². The number of anilines is 1. The number of aryl methyl sites for hydroxylation is 3. The van der Waals surface area contributed by atoms with Gasteiger partial charge in [-0.3, -0.25) is 4.72 Å². The SMILES string of the molecule is Cc1ccc(C)c(S(=O)(=O)Nc2ccc3c(c2)ncn3C)c1. The van der Waals surface area contributed by atoms with Crippen LogP contribution in [0.15, 0.2) is 47.6 Å². The van der Waals surface area contributed by atoms with Crippen molar-refractivity contribution in [3.63, 3.8) is 0 Å². The molecule has 0 saturated carbocycles. The number of nitrogens with zero attached hydrogens (tertiary/aromatic N) is 2. The Morgan fingerprint density at radius 2 is 1.86 bits per heavy atom. The first kappa shape index (κ1) is 14.6. The summed E-state index contributed by atoms with van der Waals surface area (Å²) in [5.74, 6) is 0. The first-order valence-corrected chi connectivity index (χ1v) is 8.36. The minimum absolute atomic E-state index is 0.300. The molecule has 5 nitrogen and oxygen atoms in total. The van der Waals surface area contributed by atoms with Gasteiger partial charge in [0.2, 0.25) is 0 Å². The Kier molecular flexibility index (Phi) is 3.41. The molecular weight excluding hydrogens is 298 g/mol. The standard InChI is InChI=1S/C16H17N3O2S/c1-11-4-5-12(2)16(8-11)22(20,21)18-13-6-7-15-14(9-13)17-10-19(15)3/h4-10,18H,1-3H3.